The van der Waals surface area contributed by atoms with Gasteiger partial charge < -0.3 is 30.5 Å². The number of carboxylic acid groups (broad SMARTS) is 2. The van der Waals surface area contributed by atoms with Crippen LogP contribution in [0, 0.1) is 0 Å². The van der Waals surface area contributed by atoms with E-state index in [4.69, 9.17) is 4.74 Å². The molecule has 1 unspecified atom stereocenters. The van der Waals surface area contributed by atoms with E-state index >= 15 is 4.39 Å². The highest BCUT2D eigenvalue weighted by atomic mass is 19.1. The molecular weight excluding hydrogens is 577 g/mol. The molecule has 0 bridgehead atoms. The summed E-state index contributed by atoms with van der Waals surface area (Å²) < 4.78 is 23.7. The molecule has 5 N–H and O–H groups in total. The van der Waals surface area contributed by atoms with E-state index in [-0.39, 0.29) is 22.5 Å². The molecule has 3 aromatic carbocycles. The van der Waals surface area contributed by atoms with Crippen LogP contribution in [0.4, 0.5) is 10.2 Å². The van der Waals surface area contributed by atoms with Crippen LogP contribution in [0.5, 0.6) is 0 Å². The van der Waals surface area contributed by atoms with Crippen molar-refractivity contribution in [3.8, 4) is 0 Å². The van der Waals surface area contributed by atoms with Crippen molar-refractivity contribution in [1.29, 1.82) is 0 Å². The van der Waals surface area contributed by atoms with Gasteiger partial charge in [0, 0.05) is 17.3 Å². The zero-order chi connectivity index (χ0) is 31.8. The number of aromatic carboxylic acids is 2. The van der Waals surface area contributed by atoms with Gasteiger partial charge in [0.1, 0.15) is 18.0 Å². The summed E-state index contributed by atoms with van der Waals surface area (Å²) in [5.41, 5.74) is -8.45. The van der Waals surface area contributed by atoms with Crippen LogP contribution in [0.25, 0.3) is 0 Å². The van der Waals surface area contributed by atoms with Crippen molar-refractivity contribution < 1.29 is 43.9 Å². The number of nitrogens with one attached hydrogen (secondary N) is 1. The molecule has 0 radical (unpaired) electrons. The predicted octanol–water partition coefficient (Wildman–Crippen LogP) is 3.14. The lowest BCUT2D eigenvalue weighted by Gasteiger charge is -2.39. The summed E-state index contributed by atoms with van der Waals surface area (Å²) in [6.45, 7) is 0.865. The van der Waals surface area contributed by atoms with Gasteiger partial charge in [-0.05, 0) is 42.8 Å². The summed E-state index contributed by atoms with van der Waals surface area (Å²) in [6, 6.07) is 19.4. The Hall–Kier alpha value is -5.24. The lowest BCUT2D eigenvalue weighted by molar-refractivity contribution is -0.134. The van der Waals surface area contributed by atoms with Crippen molar-refractivity contribution in [2.45, 2.75) is 36.6 Å². The third-order valence-electron chi connectivity index (χ3n) is 7.62. The van der Waals surface area contributed by atoms with Crippen LogP contribution in [0.1, 0.15) is 61.5 Å². The van der Waals surface area contributed by atoms with Crippen molar-refractivity contribution in [1.82, 2.24) is 9.55 Å². The van der Waals surface area contributed by atoms with Gasteiger partial charge in [0.25, 0.3) is 5.91 Å². The molecule has 2 heterocycles. The summed E-state index contributed by atoms with van der Waals surface area (Å²) in [4.78, 5) is 53.6. The summed E-state index contributed by atoms with van der Waals surface area (Å²) >= 11 is 0. The second-order valence-corrected chi connectivity index (χ2v) is 10.3. The number of hydrogen-bond acceptors (Lipinski definition) is 8. The summed E-state index contributed by atoms with van der Waals surface area (Å²) in [5, 5.41) is 45.7. The summed E-state index contributed by atoms with van der Waals surface area (Å²) in [5.74, 6) is -3.69. The number of nitrogens with zero attached hydrogens (tertiary/aromatic N) is 2. The molecule has 226 valence electrons. The number of carbonyl (C=O) groups is 3. The number of amides is 1. The Morgan fingerprint density at radius 2 is 1.52 bits per heavy atom. The van der Waals surface area contributed by atoms with E-state index in [1.54, 1.807) is 30.3 Å². The first-order valence-electron chi connectivity index (χ1n) is 13.2. The quantitative estimate of drug-likeness (QED) is 0.200. The zero-order valence-corrected chi connectivity index (χ0v) is 23.0. The van der Waals surface area contributed by atoms with Crippen LogP contribution in [0.3, 0.4) is 0 Å². The number of carbonyl (C=O) groups excluding carboxylic acids is 1. The van der Waals surface area contributed by atoms with Crippen molar-refractivity contribution >= 4 is 23.7 Å². The van der Waals surface area contributed by atoms with E-state index < -0.39 is 64.4 Å². The van der Waals surface area contributed by atoms with Crippen molar-refractivity contribution in [3.05, 3.63) is 129 Å². The molecule has 0 saturated carbocycles. The molecule has 1 fully saturated rings. The van der Waals surface area contributed by atoms with Gasteiger partial charge in [-0.2, -0.15) is 4.98 Å². The number of rotatable bonds is 8. The first-order valence-corrected chi connectivity index (χ1v) is 13.2. The largest absolute Gasteiger partial charge is 0.478 e. The zero-order valence-electron chi connectivity index (χ0n) is 23.0. The Balaban J connectivity index is 1.61. The Morgan fingerprint density at radius 3 is 2.16 bits per heavy atom. The molecule has 0 aliphatic carbocycles. The van der Waals surface area contributed by atoms with E-state index in [2.05, 4.69) is 10.3 Å². The van der Waals surface area contributed by atoms with E-state index in [1.165, 1.54) is 42.5 Å². The minimum absolute atomic E-state index is 0.169. The fourth-order valence-corrected chi connectivity index (χ4v) is 5.43. The number of benzene rings is 3. The topological polar surface area (TPSA) is 188 Å². The average Bonchev–Trinajstić information content (AvgIpc) is 3.22. The fraction of sp³-hybridized carbons (Fsp3) is 0.194. The molecule has 1 aromatic heterocycles. The third-order valence-corrected chi connectivity index (χ3v) is 7.62. The molecule has 13 heteroatoms. The van der Waals surface area contributed by atoms with Gasteiger partial charge >= 0.3 is 17.6 Å². The molecule has 5 atom stereocenters. The van der Waals surface area contributed by atoms with E-state index in [0.717, 1.165) is 25.3 Å². The van der Waals surface area contributed by atoms with Crippen molar-refractivity contribution in [2.75, 3.05) is 5.32 Å². The molecule has 1 aliphatic rings. The number of alkyl halides is 1. The minimum atomic E-state index is -3.04. The predicted molar refractivity (Wildman–Crippen MR) is 152 cm³/mol. The van der Waals surface area contributed by atoms with Gasteiger partial charge in [-0.3, -0.25) is 9.36 Å². The van der Waals surface area contributed by atoms with Crippen LogP contribution in [-0.4, -0.2) is 59.6 Å². The minimum Gasteiger partial charge on any atom is -0.478 e. The van der Waals surface area contributed by atoms with Crippen molar-refractivity contribution in [3.63, 3.8) is 0 Å². The maximum Gasteiger partial charge on any atom is 0.351 e. The van der Waals surface area contributed by atoms with Crippen LogP contribution in [-0.2, 0) is 10.3 Å². The number of anilines is 1. The van der Waals surface area contributed by atoms with E-state index in [9.17, 15) is 39.6 Å². The monoisotopic (exact) mass is 603 g/mol. The highest BCUT2D eigenvalue weighted by Crippen LogP contribution is 2.57. The third kappa shape index (κ3) is 5.02. The smallest absolute Gasteiger partial charge is 0.351 e. The number of hydrogen-bond donors (Lipinski definition) is 5. The van der Waals surface area contributed by atoms with E-state index in [0.29, 0.717) is 4.57 Å². The number of aromatic nitrogens is 2. The molecule has 0 spiro atoms. The molecule has 5 rings (SSSR count). The Morgan fingerprint density at radius 1 is 0.932 bits per heavy atom. The lowest BCUT2D eigenvalue weighted by Crippen LogP contribution is -2.53. The fourth-order valence-electron chi connectivity index (χ4n) is 5.43. The average molecular weight is 604 g/mol. The highest BCUT2D eigenvalue weighted by molar-refractivity contribution is 6.03. The molecule has 1 saturated heterocycles. The first kappa shape index (κ1) is 30.2. The Kier molecular flexibility index (Phi) is 7.86. The number of ether oxygens (including phenoxy) is 1. The van der Waals surface area contributed by atoms with Gasteiger partial charge in [-0.1, -0.05) is 54.6 Å². The molecule has 44 heavy (non-hydrogen) atoms. The van der Waals surface area contributed by atoms with Crippen LogP contribution < -0.4 is 11.0 Å². The maximum absolute atomic E-state index is 17.2. The second-order valence-electron chi connectivity index (χ2n) is 10.3. The molecular formula is C31H26FN3O9. The van der Waals surface area contributed by atoms with Gasteiger partial charge in [-0.15, -0.1) is 0 Å². The maximum atomic E-state index is 17.2. The number of aliphatic hydroxyl groups is 2. The van der Waals surface area contributed by atoms with Crippen molar-refractivity contribution in [2.24, 2.45) is 0 Å². The summed E-state index contributed by atoms with van der Waals surface area (Å²) in [7, 11) is 0. The number of carboxylic acids is 2. The van der Waals surface area contributed by atoms with Crippen LogP contribution >= 0.6 is 0 Å². The number of halogens is 1. The Bertz CT molecular complexity index is 1810. The molecule has 1 amide bonds. The second kappa shape index (κ2) is 11.4. The van der Waals surface area contributed by atoms with Gasteiger partial charge in [-0.25, -0.2) is 18.8 Å². The summed E-state index contributed by atoms with van der Waals surface area (Å²) in [6.07, 6.45) is -5.01. The molecule has 4 aromatic rings. The highest BCUT2D eigenvalue weighted by Gasteiger charge is 2.69. The van der Waals surface area contributed by atoms with Gasteiger partial charge in [0.2, 0.25) is 0 Å². The standard InChI is InChI=1S/C31H26FN3O9/c1-30(32)28(35-16-15-22(34-29(35)42)33-25(37)17-9-3-2-4-10-17)44-24(23(36)18-11-5-6-12-19(18)26(38)39)31(30,43)21-14-8-7-13-20(21)27(40)41/h2-16,23-24,28,36,43H,1H3,(H,38,39)(H,40,41)(H,33,34,37,42)/t23?,24-,28-,30+,31-/m1/s1. The van der Waals surface area contributed by atoms with Gasteiger partial charge in [0.05, 0.1) is 11.1 Å². The normalized spacial score (nSPS) is 23.5. The van der Waals surface area contributed by atoms with Crippen LogP contribution in [0.2, 0.25) is 0 Å². The number of aliphatic hydroxyl groups excluding tert-OH is 1. The van der Waals surface area contributed by atoms with Crippen LogP contribution in [0.15, 0.2) is 95.9 Å². The SMILES string of the molecule is C[C@]1(F)[C@H](n2ccc(NC(=O)c3ccccc3)nc2=O)O[C@H](C(O)c2ccccc2C(=O)O)[C@]1(O)c1ccccc1C(=O)O. The lowest BCUT2D eigenvalue weighted by atomic mass is 9.73. The van der Waals surface area contributed by atoms with E-state index in [1.807, 2.05) is 0 Å². The first-order chi connectivity index (χ1) is 20.9. The Labute approximate surface area is 248 Å². The molecule has 12 nitrogen and oxygen atoms in total. The van der Waals surface area contributed by atoms with Gasteiger partial charge in [0.15, 0.2) is 17.5 Å². The molecule has 1 aliphatic heterocycles.